The van der Waals surface area contributed by atoms with E-state index in [0.717, 1.165) is 11.4 Å². The summed E-state index contributed by atoms with van der Waals surface area (Å²) >= 11 is 0. The second-order valence-electron chi connectivity index (χ2n) is 18.1. The van der Waals surface area contributed by atoms with Gasteiger partial charge >= 0.3 is 0 Å². The smallest absolute Gasteiger partial charge is 0.179 e. The normalized spacial score (nSPS) is 11.8. The van der Waals surface area contributed by atoms with Crippen LogP contribution in [0.2, 0.25) is 0 Å². The fourth-order valence-electron chi connectivity index (χ4n) is 11.1. The molecule has 0 N–H and O–H groups in total. The zero-order valence-electron chi connectivity index (χ0n) is 38.0. The molecule has 324 valence electrons. The van der Waals surface area contributed by atoms with Crippen LogP contribution < -0.4 is 20.7 Å². The molecular weight excluding hydrogens is 849 g/mol. The van der Waals surface area contributed by atoms with Crippen molar-refractivity contribution in [1.29, 1.82) is 0 Å². The van der Waals surface area contributed by atoms with Crippen molar-refractivity contribution in [2.24, 2.45) is 0 Å². The first-order valence-corrected chi connectivity index (χ1v) is 25.8. The van der Waals surface area contributed by atoms with Crippen molar-refractivity contribution < 1.29 is 0 Å². The Morgan fingerprint density at radius 2 is 0.565 bits per heavy atom. The van der Waals surface area contributed by atoms with Gasteiger partial charge in [-0.05, 0) is 115 Å². The highest BCUT2D eigenvalue weighted by Crippen LogP contribution is 2.40. The second-order valence-corrected chi connectivity index (χ2v) is 21.9. The van der Waals surface area contributed by atoms with Crippen LogP contribution in [0, 0.1) is 0 Å². The van der Waals surface area contributed by atoms with E-state index < -0.39 is 8.07 Å². The third-order valence-corrected chi connectivity index (χ3v) is 19.0. The molecule has 2 aromatic heterocycles. The molecule has 13 aromatic rings. The number of rotatable bonds is 9. The topological polar surface area (TPSA) is 9.86 Å². The summed E-state index contributed by atoms with van der Waals surface area (Å²) in [6.45, 7) is 0. The van der Waals surface area contributed by atoms with Crippen LogP contribution in [0.25, 0.3) is 88.4 Å². The van der Waals surface area contributed by atoms with Crippen molar-refractivity contribution >= 4 is 72.4 Å². The van der Waals surface area contributed by atoms with Gasteiger partial charge in [0.05, 0.1) is 22.1 Å². The molecule has 11 aromatic carbocycles. The van der Waals surface area contributed by atoms with Gasteiger partial charge < -0.3 is 9.13 Å². The molecule has 0 amide bonds. The summed E-state index contributed by atoms with van der Waals surface area (Å²) in [4.78, 5) is 0. The summed E-state index contributed by atoms with van der Waals surface area (Å²) < 4.78 is 4.89. The van der Waals surface area contributed by atoms with Crippen LogP contribution in [0.3, 0.4) is 0 Å². The standard InChI is InChI=1S/C66H46N2Si/c1-6-20-47(21-7-1)49-24-18-26-53(42-49)67-63-35-17-16-34-59(63)62-46-54(38-41-66(62)67)68-64-39-36-51(48-22-8-2-9-23-48)44-60(64)61-45-52(37-40-65(61)68)50-25-19-33-58(43-50)69(55-27-10-3-11-28-55,56-29-12-4-13-30-56)57-31-14-5-15-32-57/h1-46H. The minimum atomic E-state index is -2.73. The zero-order valence-corrected chi connectivity index (χ0v) is 39.0. The Hall–Kier alpha value is -8.76. The lowest BCUT2D eigenvalue weighted by molar-refractivity contribution is 1.17. The Kier molecular flexibility index (Phi) is 9.88. The molecule has 0 radical (unpaired) electrons. The van der Waals surface area contributed by atoms with Gasteiger partial charge in [-0.15, -0.1) is 0 Å². The summed E-state index contributed by atoms with van der Waals surface area (Å²) in [6.07, 6.45) is 0. The Bertz CT molecular complexity index is 3890. The fraction of sp³-hybridized carbons (Fsp3) is 0. The SMILES string of the molecule is c1ccc(-c2cccc(-n3c4ccccc4c4cc(-n5c6ccc(-c7ccccc7)cc6c6cc(-c7cccc([Si](c8ccccc8)(c8ccccc8)c8ccccc8)c7)ccc65)ccc43)c2)cc1. The number of fused-ring (bicyclic) bond motifs is 6. The van der Waals surface area contributed by atoms with Crippen LogP contribution >= 0.6 is 0 Å². The second kappa shape index (κ2) is 16.8. The molecule has 69 heavy (non-hydrogen) atoms. The van der Waals surface area contributed by atoms with Gasteiger partial charge in [0.1, 0.15) is 0 Å². The van der Waals surface area contributed by atoms with Crippen molar-refractivity contribution in [3.63, 3.8) is 0 Å². The van der Waals surface area contributed by atoms with Crippen LogP contribution in [-0.2, 0) is 0 Å². The maximum atomic E-state index is 2.48. The molecule has 0 aliphatic carbocycles. The van der Waals surface area contributed by atoms with Gasteiger partial charge in [-0.3, -0.25) is 0 Å². The molecule has 3 heteroatoms. The highest BCUT2D eigenvalue weighted by molar-refractivity contribution is 7.19. The van der Waals surface area contributed by atoms with Crippen molar-refractivity contribution in [3.05, 3.63) is 279 Å². The molecule has 0 saturated carbocycles. The number of benzene rings is 11. The van der Waals surface area contributed by atoms with E-state index in [4.69, 9.17) is 0 Å². The Morgan fingerprint density at radius 3 is 1.12 bits per heavy atom. The molecule has 2 heterocycles. The number of aromatic nitrogens is 2. The first-order valence-electron chi connectivity index (χ1n) is 23.8. The summed E-state index contributed by atoms with van der Waals surface area (Å²) in [6, 6.07) is 103. The summed E-state index contributed by atoms with van der Waals surface area (Å²) in [5.74, 6) is 0. The zero-order chi connectivity index (χ0) is 45.7. The van der Waals surface area contributed by atoms with Crippen LogP contribution in [0.1, 0.15) is 0 Å². The Morgan fingerprint density at radius 1 is 0.203 bits per heavy atom. The van der Waals surface area contributed by atoms with Crippen molar-refractivity contribution in [3.8, 4) is 44.8 Å². The lowest BCUT2D eigenvalue weighted by Crippen LogP contribution is -2.74. The first-order chi connectivity index (χ1) is 34.2. The van der Waals surface area contributed by atoms with Crippen molar-refractivity contribution in [2.45, 2.75) is 0 Å². The highest BCUT2D eigenvalue weighted by atomic mass is 28.3. The maximum absolute atomic E-state index is 2.73. The van der Waals surface area contributed by atoms with E-state index in [1.807, 2.05) is 0 Å². The van der Waals surface area contributed by atoms with Gasteiger partial charge in [-0.2, -0.15) is 0 Å². The molecule has 2 nitrogen and oxygen atoms in total. The monoisotopic (exact) mass is 894 g/mol. The molecule has 0 atom stereocenters. The van der Waals surface area contributed by atoms with E-state index >= 15 is 0 Å². The van der Waals surface area contributed by atoms with E-state index in [2.05, 4.69) is 288 Å². The number of para-hydroxylation sites is 1. The van der Waals surface area contributed by atoms with Crippen LogP contribution in [-0.4, -0.2) is 17.2 Å². The molecule has 0 spiro atoms. The minimum Gasteiger partial charge on any atom is -0.309 e. The predicted octanol–water partition coefficient (Wildman–Crippen LogP) is 14.3. The minimum absolute atomic E-state index is 1.13. The number of nitrogens with zero attached hydrogens (tertiary/aromatic N) is 2. The van der Waals surface area contributed by atoms with Gasteiger partial charge in [-0.1, -0.05) is 218 Å². The van der Waals surface area contributed by atoms with Crippen molar-refractivity contribution in [2.75, 3.05) is 0 Å². The molecule has 0 saturated heterocycles. The van der Waals surface area contributed by atoms with Gasteiger partial charge in [0, 0.05) is 32.9 Å². The van der Waals surface area contributed by atoms with Crippen LogP contribution in [0.5, 0.6) is 0 Å². The van der Waals surface area contributed by atoms with Crippen molar-refractivity contribution in [1.82, 2.24) is 9.13 Å². The summed E-state index contributed by atoms with van der Waals surface area (Å²) in [7, 11) is -2.73. The molecule has 0 unspecified atom stereocenters. The lowest BCUT2D eigenvalue weighted by Gasteiger charge is -2.34. The van der Waals surface area contributed by atoms with Crippen LogP contribution in [0.15, 0.2) is 279 Å². The van der Waals surface area contributed by atoms with E-state index in [9.17, 15) is 0 Å². The molecule has 0 fully saturated rings. The predicted molar refractivity (Wildman–Crippen MR) is 295 cm³/mol. The molecule has 13 rings (SSSR count). The van der Waals surface area contributed by atoms with E-state index in [1.165, 1.54) is 97.7 Å². The fourth-order valence-corrected chi connectivity index (χ4v) is 15.9. The molecular formula is C66H46N2Si. The van der Waals surface area contributed by atoms with Gasteiger partial charge in [0.25, 0.3) is 0 Å². The van der Waals surface area contributed by atoms with E-state index in [0.29, 0.717) is 0 Å². The van der Waals surface area contributed by atoms with Gasteiger partial charge in [-0.25, -0.2) is 0 Å². The third kappa shape index (κ3) is 6.78. The first kappa shape index (κ1) is 40.5. The Balaban J connectivity index is 1.01. The summed E-state index contributed by atoms with van der Waals surface area (Å²) in [5, 5.41) is 10.4. The van der Waals surface area contributed by atoms with Crippen LogP contribution in [0.4, 0.5) is 0 Å². The van der Waals surface area contributed by atoms with E-state index in [1.54, 1.807) is 0 Å². The summed E-state index contributed by atoms with van der Waals surface area (Å²) in [5.41, 5.74) is 14.2. The third-order valence-electron chi connectivity index (χ3n) is 14.2. The quantitative estimate of drug-likeness (QED) is 0.101. The molecule has 0 aliphatic rings. The Labute approximate surface area is 403 Å². The number of hydrogen-bond acceptors (Lipinski definition) is 0. The average molecular weight is 895 g/mol. The average Bonchev–Trinajstić information content (AvgIpc) is 3.94. The van der Waals surface area contributed by atoms with Gasteiger partial charge in [0.2, 0.25) is 0 Å². The maximum Gasteiger partial charge on any atom is 0.179 e. The highest BCUT2D eigenvalue weighted by Gasteiger charge is 2.41. The largest absolute Gasteiger partial charge is 0.309 e. The molecule has 0 bridgehead atoms. The lowest BCUT2D eigenvalue weighted by atomic mass is 10.0. The molecule has 0 aliphatic heterocycles. The van der Waals surface area contributed by atoms with E-state index in [-0.39, 0.29) is 0 Å². The van der Waals surface area contributed by atoms with Gasteiger partial charge in [0.15, 0.2) is 8.07 Å². The number of hydrogen-bond donors (Lipinski definition) is 0.